The van der Waals surface area contributed by atoms with E-state index < -0.39 is 0 Å². The minimum atomic E-state index is -0.190. The second-order valence-corrected chi connectivity index (χ2v) is 7.59. The van der Waals surface area contributed by atoms with E-state index in [4.69, 9.17) is 4.74 Å². The molecule has 0 aliphatic carbocycles. The zero-order chi connectivity index (χ0) is 22.0. The molecule has 0 unspecified atom stereocenters. The summed E-state index contributed by atoms with van der Waals surface area (Å²) in [6.45, 7) is 5.90. The van der Waals surface area contributed by atoms with Gasteiger partial charge in [0.1, 0.15) is 5.75 Å². The van der Waals surface area contributed by atoms with Crippen LogP contribution in [0.5, 0.6) is 5.75 Å². The lowest BCUT2D eigenvalue weighted by molar-refractivity contribution is -0.111. The van der Waals surface area contributed by atoms with E-state index in [9.17, 15) is 4.79 Å². The van der Waals surface area contributed by atoms with E-state index in [-0.39, 0.29) is 5.91 Å². The Morgan fingerprint density at radius 2 is 1.68 bits per heavy atom. The van der Waals surface area contributed by atoms with E-state index in [1.54, 1.807) is 13.2 Å². The van der Waals surface area contributed by atoms with Crippen LogP contribution < -0.4 is 10.1 Å². The van der Waals surface area contributed by atoms with Gasteiger partial charge in [-0.25, -0.2) is 4.68 Å². The number of nitrogens with one attached hydrogen (secondary N) is 1. The number of benzene rings is 3. The maximum Gasteiger partial charge on any atom is 0.248 e. The summed E-state index contributed by atoms with van der Waals surface area (Å²) in [5.74, 6) is 0.636. The van der Waals surface area contributed by atoms with Crippen LogP contribution in [0.1, 0.15) is 22.5 Å². The summed E-state index contributed by atoms with van der Waals surface area (Å²) in [6.07, 6.45) is 3.36. The van der Waals surface area contributed by atoms with Crippen LogP contribution in [0, 0.1) is 20.8 Å². The highest BCUT2D eigenvalue weighted by atomic mass is 16.5. The molecule has 0 fully saturated rings. The smallest absolute Gasteiger partial charge is 0.248 e. The molecule has 1 amide bonds. The normalized spacial score (nSPS) is 11.2. The lowest BCUT2D eigenvalue weighted by atomic mass is 10.1. The van der Waals surface area contributed by atoms with E-state index in [1.807, 2.05) is 85.3 Å². The summed E-state index contributed by atoms with van der Waals surface area (Å²) in [7, 11) is 1.66. The van der Waals surface area contributed by atoms with Crippen LogP contribution in [-0.4, -0.2) is 22.8 Å². The molecule has 5 heteroatoms. The minimum absolute atomic E-state index is 0.190. The van der Waals surface area contributed by atoms with Crippen LogP contribution in [0.4, 0.5) is 5.69 Å². The summed E-state index contributed by atoms with van der Waals surface area (Å²) in [6, 6.07) is 20.1. The van der Waals surface area contributed by atoms with E-state index >= 15 is 0 Å². The Balaban J connectivity index is 1.51. The maximum absolute atomic E-state index is 12.6. The number of hydrogen-bond acceptors (Lipinski definition) is 3. The molecular formula is C26H25N3O2. The largest absolute Gasteiger partial charge is 0.497 e. The Labute approximate surface area is 182 Å². The molecule has 1 aromatic heterocycles. The molecule has 4 aromatic rings. The Kier molecular flexibility index (Phi) is 5.58. The van der Waals surface area contributed by atoms with Crippen molar-refractivity contribution in [3.63, 3.8) is 0 Å². The fourth-order valence-electron chi connectivity index (χ4n) is 3.57. The molecule has 5 nitrogen and oxygen atoms in total. The maximum atomic E-state index is 12.6. The summed E-state index contributed by atoms with van der Waals surface area (Å²) < 4.78 is 7.12. The van der Waals surface area contributed by atoms with Crippen LogP contribution in [0.3, 0.4) is 0 Å². The Morgan fingerprint density at radius 3 is 2.42 bits per heavy atom. The van der Waals surface area contributed by atoms with Gasteiger partial charge in [-0.2, -0.15) is 5.10 Å². The number of anilines is 1. The van der Waals surface area contributed by atoms with Crippen LogP contribution in [-0.2, 0) is 4.79 Å². The molecular weight excluding hydrogens is 386 g/mol. The number of amides is 1. The van der Waals surface area contributed by atoms with Crippen molar-refractivity contribution in [1.29, 1.82) is 0 Å². The van der Waals surface area contributed by atoms with Crippen molar-refractivity contribution in [3.8, 4) is 11.4 Å². The van der Waals surface area contributed by atoms with Crippen molar-refractivity contribution in [2.45, 2.75) is 20.8 Å². The summed E-state index contributed by atoms with van der Waals surface area (Å²) in [5, 5.41) is 9.76. The zero-order valence-electron chi connectivity index (χ0n) is 18.1. The molecule has 3 aromatic carbocycles. The van der Waals surface area contributed by atoms with Crippen molar-refractivity contribution < 1.29 is 9.53 Å². The zero-order valence-corrected chi connectivity index (χ0v) is 18.1. The second-order valence-electron chi connectivity index (χ2n) is 7.59. The Hall–Kier alpha value is -3.86. The van der Waals surface area contributed by atoms with E-state index in [0.717, 1.165) is 44.8 Å². The third-order valence-electron chi connectivity index (χ3n) is 5.32. The van der Waals surface area contributed by atoms with Gasteiger partial charge in [0.05, 0.1) is 29.9 Å². The van der Waals surface area contributed by atoms with Gasteiger partial charge in [-0.05, 0) is 73.5 Å². The molecule has 1 N–H and O–H groups in total. The lowest BCUT2D eigenvalue weighted by Gasteiger charge is -2.06. The second kappa shape index (κ2) is 8.48. The van der Waals surface area contributed by atoms with Gasteiger partial charge in [0.2, 0.25) is 5.91 Å². The van der Waals surface area contributed by atoms with Gasteiger partial charge < -0.3 is 10.1 Å². The minimum Gasteiger partial charge on any atom is -0.497 e. The summed E-state index contributed by atoms with van der Waals surface area (Å²) >= 11 is 0. The van der Waals surface area contributed by atoms with Gasteiger partial charge >= 0.3 is 0 Å². The first-order chi connectivity index (χ1) is 14.9. The molecule has 31 heavy (non-hydrogen) atoms. The molecule has 0 saturated heterocycles. The van der Waals surface area contributed by atoms with Gasteiger partial charge in [0, 0.05) is 6.08 Å². The van der Waals surface area contributed by atoms with Crippen molar-refractivity contribution in [2.24, 2.45) is 0 Å². The van der Waals surface area contributed by atoms with Crippen LogP contribution >= 0.6 is 0 Å². The molecule has 0 bridgehead atoms. The van der Waals surface area contributed by atoms with E-state index in [0.29, 0.717) is 0 Å². The molecule has 1 heterocycles. The average Bonchev–Trinajstić information content (AvgIpc) is 3.06. The van der Waals surface area contributed by atoms with Gasteiger partial charge in [0.25, 0.3) is 0 Å². The first kappa shape index (κ1) is 20.4. The highest BCUT2D eigenvalue weighted by molar-refractivity contribution is 6.03. The Morgan fingerprint density at radius 1 is 0.968 bits per heavy atom. The molecule has 0 atom stereocenters. The SMILES string of the molecule is COc1ccc2cc(/C=C/C(=O)Nc3c(C)nn(-c4ccc(C)cc4)c3C)ccc2c1. The quantitative estimate of drug-likeness (QED) is 0.434. The number of methoxy groups -OCH3 is 1. The number of ether oxygens (including phenoxy) is 1. The number of aromatic nitrogens is 2. The molecule has 0 radical (unpaired) electrons. The molecule has 0 aliphatic heterocycles. The average molecular weight is 412 g/mol. The summed E-state index contributed by atoms with van der Waals surface area (Å²) in [4.78, 5) is 12.6. The first-order valence-corrected chi connectivity index (χ1v) is 10.1. The lowest BCUT2D eigenvalue weighted by Crippen LogP contribution is -2.09. The third kappa shape index (κ3) is 4.36. The fourth-order valence-corrected chi connectivity index (χ4v) is 3.57. The van der Waals surface area contributed by atoms with Gasteiger partial charge in [-0.15, -0.1) is 0 Å². The summed E-state index contributed by atoms with van der Waals surface area (Å²) in [5.41, 5.74) is 5.52. The number of carbonyl (C=O) groups excluding carboxylic acids is 1. The molecule has 0 aliphatic rings. The van der Waals surface area contributed by atoms with E-state index in [2.05, 4.69) is 17.3 Å². The fraction of sp³-hybridized carbons (Fsp3) is 0.154. The molecule has 156 valence electrons. The highest BCUT2D eigenvalue weighted by Gasteiger charge is 2.14. The third-order valence-corrected chi connectivity index (χ3v) is 5.32. The number of aryl methyl sites for hydroxylation is 2. The molecule has 0 saturated carbocycles. The number of nitrogens with zero attached hydrogens (tertiary/aromatic N) is 2. The van der Waals surface area contributed by atoms with Crippen molar-refractivity contribution in [3.05, 3.63) is 89.3 Å². The predicted octanol–water partition coefficient (Wildman–Crippen LogP) is 5.61. The molecule has 0 spiro atoms. The van der Waals surface area contributed by atoms with Crippen LogP contribution in [0.2, 0.25) is 0 Å². The van der Waals surface area contributed by atoms with E-state index in [1.165, 1.54) is 5.56 Å². The standard InChI is InChI=1S/C26H25N3O2/c1-17-5-11-23(12-6-17)29-19(3)26(18(2)28-29)27-25(30)14-8-20-7-9-22-16-24(31-4)13-10-21(22)15-20/h5-16H,1-4H3,(H,27,30)/b14-8+. The predicted molar refractivity (Wildman–Crippen MR) is 126 cm³/mol. The van der Waals surface area contributed by atoms with Crippen molar-refractivity contribution >= 4 is 28.4 Å². The molecule has 4 rings (SSSR count). The first-order valence-electron chi connectivity index (χ1n) is 10.1. The van der Waals surface area contributed by atoms with Crippen molar-refractivity contribution in [2.75, 3.05) is 12.4 Å². The highest BCUT2D eigenvalue weighted by Crippen LogP contribution is 2.24. The number of rotatable bonds is 5. The van der Waals surface area contributed by atoms with Crippen LogP contribution in [0.25, 0.3) is 22.5 Å². The number of hydrogen-bond donors (Lipinski definition) is 1. The van der Waals surface area contributed by atoms with Gasteiger partial charge in [-0.3, -0.25) is 4.79 Å². The monoisotopic (exact) mass is 411 g/mol. The Bertz CT molecular complexity index is 1280. The number of fused-ring (bicyclic) bond motifs is 1. The van der Waals surface area contributed by atoms with Gasteiger partial charge in [0.15, 0.2) is 0 Å². The topological polar surface area (TPSA) is 56.1 Å². The van der Waals surface area contributed by atoms with Crippen molar-refractivity contribution in [1.82, 2.24) is 9.78 Å². The van der Waals surface area contributed by atoms with Crippen LogP contribution in [0.15, 0.2) is 66.7 Å². The number of carbonyl (C=O) groups is 1. The van der Waals surface area contributed by atoms with Gasteiger partial charge in [-0.1, -0.05) is 35.9 Å².